The van der Waals surface area contributed by atoms with Crippen molar-refractivity contribution in [2.75, 3.05) is 20.3 Å². The molecular formula is C12H18O6. The van der Waals surface area contributed by atoms with E-state index in [1.807, 2.05) is 0 Å². The fourth-order valence-corrected chi connectivity index (χ4v) is 0.937. The number of methoxy groups -OCH3 is 1. The monoisotopic (exact) mass is 258 g/mol. The van der Waals surface area contributed by atoms with Crippen molar-refractivity contribution in [1.29, 1.82) is 0 Å². The number of esters is 2. The molecule has 1 atom stereocenters. The van der Waals surface area contributed by atoms with Crippen molar-refractivity contribution < 1.29 is 28.9 Å². The quantitative estimate of drug-likeness (QED) is 0.236. The van der Waals surface area contributed by atoms with Gasteiger partial charge in [0.1, 0.15) is 6.61 Å². The lowest BCUT2D eigenvalue weighted by molar-refractivity contribution is -0.159. The van der Waals surface area contributed by atoms with Crippen LogP contribution in [0.25, 0.3) is 0 Å². The number of rotatable bonds is 7. The first-order valence-corrected chi connectivity index (χ1v) is 5.30. The van der Waals surface area contributed by atoms with Gasteiger partial charge in [0, 0.05) is 12.7 Å². The lowest BCUT2D eigenvalue weighted by Crippen LogP contribution is -2.15. The minimum atomic E-state index is -1.21. The molecule has 0 aromatic carbocycles. The molecule has 6 nitrogen and oxygen atoms in total. The first-order chi connectivity index (χ1) is 8.38. The fraction of sp³-hybridized carbons (Fsp3) is 0.500. The van der Waals surface area contributed by atoms with Gasteiger partial charge in [-0.3, -0.25) is 0 Å². The van der Waals surface area contributed by atoms with Crippen LogP contribution in [0.1, 0.15) is 13.8 Å². The van der Waals surface area contributed by atoms with Gasteiger partial charge in [-0.15, -0.1) is 0 Å². The van der Waals surface area contributed by atoms with Crippen LogP contribution in [0.4, 0.5) is 0 Å². The number of hydrogen-bond acceptors (Lipinski definition) is 6. The Morgan fingerprint density at radius 1 is 1.33 bits per heavy atom. The van der Waals surface area contributed by atoms with Crippen molar-refractivity contribution in [2.24, 2.45) is 0 Å². The zero-order chi connectivity index (χ0) is 14.1. The van der Waals surface area contributed by atoms with Gasteiger partial charge in [0.05, 0.1) is 12.2 Å². The fourth-order valence-electron chi connectivity index (χ4n) is 0.937. The molecule has 0 rings (SSSR count). The van der Waals surface area contributed by atoms with Gasteiger partial charge in [0.2, 0.25) is 0 Å². The summed E-state index contributed by atoms with van der Waals surface area (Å²) in [6, 6.07) is 0. The Kier molecular flexibility index (Phi) is 7.66. The second-order valence-corrected chi connectivity index (χ2v) is 3.49. The van der Waals surface area contributed by atoms with Crippen molar-refractivity contribution in [2.45, 2.75) is 20.1 Å². The smallest absolute Gasteiger partial charge is 0.337 e. The summed E-state index contributed by atoms with van der Waals surface area (Å²) in [7, 11) is 1.48. The maximum atomic E-state index is 11.4. The average molecular weight is 258 g/mol. The van der Waals surface area contributed by atoms with Crippen LogP contribution in [0.2, 0.25) is 0 Å². The van der Waals surface area contributed by atoms with Gasteiger partial charge in [0.15, 0.2) is 6.29 Å². The predicted octanol–water partition coefficient (Wildman–Crippen LogP) is 0.560. The van der Waals surface area contributed by atoms with Crippen molar-refractivity contribution in [3.63, 3.8) is 0 Å². The molecule has 0 spiro atoms. The van der Waals surface area contributed by atoms with E-state index in [4.69, 9.17) is 14.6 Å². The number of aliphatic hydroxyl groups is 1. The largest absolute Gasteiger partial charge is 0.460 e. The van der Waals surface area contributed by atoms with Crippen LogP contribution < -0.4 is 0 Å². The third-order valence-electron chi connectivity index (χ3n) is 1.77. The SMILES string of the molecule is C=C(/C=C(\C)C(=O)OC(C)O)C(=O)OCCOC. The van der Waals surface area contributed by atoms with Crippen LogP contribution in [-0.4, -0.2) is 43.7 Å². The minimum Gasteiger partial charge on any atom is -0.460 e. The highest BCUT2D eigenvalue weighted by Gasteiger charge is 2.12. The minimum absolute atomic E-state index is 0.0196. The summed E-state index contributed by atoms with van der Waals surface area (Å²) in [6.45, 7) is 6.61. The van der Waals surface area contributed by atoms with E-state index in [0.29, 0.717) is 0 Å². The molecule has 102 valence electrons. The van der Waals surface area contributed by atoms with E-state index in [9.17, 15) is 9.59 Å². The molecule has 0 bridgehead atoms. The Hall–Kier alpha value is -1.66. The molecule has 1 N–H and O–H groups in total. The van der Waals surface area contributed by atoms with Crippen molar-refractivity contribution in [3.05, 3.63) is 23.8 Å². The van der Waals surface area contributed by atoms with Crippen LogP contribution in [-0.2, 0) is 23.8 Å². The molecule has 0 saturated carbocycles. The maximum Gasteiger partial charge on any atom is 0.337 e. The number of hydrogen-bond donors (Lipinski definition) is 1. The molecule has 0 saturated heterocycles. The lowest BCUT2D eigenvalue weighted by atomic mass is 10.2. The van der Waals surface area contributed by atoms with Crippen LogP contribution in [0.3, 0.4) is 0 Å². The molecule has 0 aromatic heterocycles. The van der Waals surface area contributed by atoms with Gasteiger partial charge in [-0.25, -0.2) is 9.59 Å². The van der Waals surface area contributed by atoms with Crippen LogP contribution >= 0.6 is 0 Å². The van der Waals surface area contributed by atoms with Crippen molar-refractivity contribution in [3.8, 4) is 0 Å². The Morgan fingerprint density at radius 3 is 2.44 bits per heavy atom. The van der Waals surface area contributed by atoms with E-state index >= 15 is 0 Å². The summed E-state index contributed by atoms with van der Waals surface area (Å²) in [5.74, 6) is -1.37. The second-order valence-electron chi connectivity index (χ2n) is 3.49. The molecule has 0 amide bonds. The zero-order valence-corrected chi connectivity index (χ0v) is 10.8. The Bertz CT molecular complexity index is 342. The molecule has 0 aromatic rings. The first kappa shape index (κ1) is 16.3. The lowest BCUT2D eigenvalue weighted by Gasteiger charge is -2.07. The first-order valence-electron chi connectivity index (χ1n) is 5.30. The summed E-state index contributed by atoms with van der Waals surface area (Å²) in [6.07, 6.45) is 0.0302. The highest BCUT2D eigenvalue weighted by Crippen LogP contribution is 2.05. The molecular weight excluding hydrogens is 240 g/mol. The third kappa shape index (κ3) is 6.82. The summed E-state index contributed by atoms with van der Waals surface area (Å²) in [5, 5.41) is 8.86. The number of carbonyl (C=O) groups is 2. The summed E-state index contributed by atoms with van der Waals surface area (Å²) < 4.78 is 14.0. The molecule has 0 heterocycles. The third-order valence-corrected chi connectivity index (χ3v) is 1.77. The molecule has 18 heavy (non-hydrogen) atoms. The normalized spacial score (nSPS) is 12.8. The van der Waals surface area contributed by atoms with Crippen LogP contribution in [0.15, 0.2) is 23.8 Å². The Labute approximate surface area is 106 Å². The van der Waals surface area contributed by atoms with Gasteiger partial charge in [-0.05, 0) is 19.9 Å². The van der Waals surface area contributed by atoms with E-state index in [-0.39, 0.29) is 24.4 Å². The van der Waals surface area contributed by atoms with Gasteiger partial charge >= 0.3 is 11.9 Å². The number of aliphatic hydroxyl groups excluding tert-OH is 1. The number of carbonyl (C=O) groups excluding carboxylic acids is 2. The second kappa shape index (κ2) is 8.43. The van der Waals surface area contributed by atoms with Gasteiger partial charge < -0.3 is 19.3 Å². The van der Waals surface area contributed by atoms with E-state index in [0.717, 1.165) is 0 Å². The zero-order valence-electron chi connectivity index (χ0n) is 10.8. The van der Waals surface area contributed by atoms with Gasteiger partial charge in [0.25, 0.3) is 0 Å². The summed E-state index contributed by atoms with van der Waals surface area (Å²) in [4.78, 5) is 22.7. The average Bonchev–Trinajstić information content (AvgIpc) is 2.28. The predicted molar refractivity (Wildman–Crippen MR) is 63.5 cm³/mol. The highest BCUT2D eigenvalue weighted by molar-refractivity contribution is 5.95. The summed E-state index contributed by atoms with van der Waals surface area (Å²) >= 11 is 0. The number of ether oxygens (including phenoxy) is 3. The Balaban J connectivity index is 4.34. The standard InChI is InChI=1S/C12H18O6/c1-8(11(14)17-6-5-16-4)7-9(2)12(15)18-10(3)13/h7,10,13H,1,5-6H2,2-4H3/b9-7+. The molecule has 0 fully saturated rings. The van der Waals surface area contributed by atoms with Gasteiger partial charge in [-0.2, -0.15) is 0 Å². The van der Waals surface area contributed by atoms with Gasteiger partial charge in [-0.1, -0.05) is 6.58 Å². The van der Waals surface area contributed by atoms with Crippen LogP contribution in [0, 0.1) is 0 Å². The molecule has 0 aliphatic heterocycles. The Morgan fingerprint density at radius 2 is 1.94 bits per heavy atom. The summed E-state index contributed by atoms with van der Waals surface area (Å²) in [5.41, 5.74) is 0.163. The van der Waals surface area contributed by atoms with E-state index in [1.54, 1.807) is 0 Å². The highest BCUT2D eigenvalue weighted by atomic mass is 16.6. The maximum absolute atomic E-state index is 11.4. The van der Waals surface area contributed by atoms with E-state index < -0.39 is 18.2 Å². The van der Waals surface area contributed by atoms with E-state index in [2.05, 4.69) is 11.3 Å². The molecule has 1 unspecified atom stereocenters. The molecule has 0 aliphatic carbocycles. The topological polar surface area (TPSA) is 82.1 Å². The van der Waals surface area contributed by atoms with Crippen LogP contribution in [0.5, 0.6) is 0 Å². The van der Waals surface area contributed by atoms with E-state index in [1.165, 1.54) is 27.0 Å². The van der Waals surface area contributed by atoms with Crippen molar-refractivity contribution in [1.82, 2.24) is 0 Å². The van der Waals surface area contributed by atoms with Crippen molar-refractivity contribution >= 4 is 11.9 Å². The molecule has 0 aliphatic rings. The molecule has 0 radical (unpaired) electrons. The molecule has 6 heteroatoms.